The normalized spacial score (nSPS) is 12.1. The van der Waals surface area contributed by atoms with Crippen LogP contribution in [0.2, 0.25) is 5.02 Å². The Balaban J connectivity index is 1.31. The number of methoxy groups -OCH3 is 1. The molecule has 1 aromatic heterocycles. The molecule has 0 fully saturated rings. The minimum Gasteiger partial charge on any atom is -0.755 e. The van der Waals surface area contributed by atoms with E-state index in [1.54, 1.807) is 42.5 Å². The molecule has 5 rings (SSSR count). The van der Waals surface area contributed by atoms with Gasteiger partial charge in [-0.3, -0.25) is 13.5 Å². The van der Waals surface area contributed by atoms with Crippen LogP contribution in [-0.4, -0.2) is 53.4 Å². The second-order valence-electron chi connectivity index (χ2n) is 11.3. The summed E-state index contributed by atoms with van der Waals surface area (Å²) in [5, 5.41) is 11.5. The number of carboxylic acid groups (broad SMARTS) is 1. The van der Waals surface area contributed by atoms with Crippen molar-refractivity contribution in [3.63, 3.8) is 0 Å². The molecule has 0 saturated heterocycles. The van der Waals surface area contributed by atoms with Gasteiger partial charge in [-0.2, -0.15) is 0 Å². The van der Waals surface area contributed by atoms with Crippen molar-refractivity contribution in [1.82, 2.24) is 4.98 Å². The predicted molar refractivity (Wildman–Crippen MR) is 192 cm³/mol. The maximum Gasteiger partial charge on any atom is 0.337 e. The van der Waals surface area contributed by atoms with Gasteiger partial charge in [0.15, 0.2) is 0 Å². The number of rotatable bonds is 16. The number of unbranched alkanes of at least 4 members (excludes halogenated alkanes) is 1. The number of nitrogens with zero attached hydrogens (tertiary/aromatic N) is 3. The predicted octanol–water partition coefficient (Wildman–Crippen LogP) is 6.80. The molecule has 10 nitrogen and oxygen atoms in total. The van der Waals surface area contributed by atoms with E-state index in [9.17, 15) is 27.1 Å². The van der Waals surface area contributed by atoms with Crippen LogP contribution in [0.4, 0.5) is 11.4 Å². The third-order valence-corrected chi connectivity index (χ3v) is 10.7. The lowest BCUT2D eigenvalue weighted by Gasteiger charge is -2.28. The van der Waals surface area contributed by atoms with E-state index < -0.39 is 27.3 Å². The van der Waals surface area contributed by atoms with Gasteiger partial charge in [0.25, 0.3) is 0 Å². The molecule has 0 aliphatic rings. The molecule has 1 heterocycles. The molecule has 0 aliphatic heterocycles. The van der Waals surface area contributed by atoms with Gasteiger partial charge in [-0.25, -0.2) is 13.2 Å². The van der Waals surface area contributed by atoms with Crippen molar-refractivity contribution in [2.24, 2.45) is 0 Å². The Morgan fingerprint density at radius 3 is 2.35 bits per heavy atom. The molecule has 0 bridgehead atoms. The number of fused-ring (bicyclic) bond motifs is 1. The van der Waals surface area contributed by atoms with Crippen molar-refractivity contribution in [3.05, 3.63) is 131 Å². The fraction of sp³-hybridized carbons (Fsp3) is 0.222. The lowest BCUT2D eigenvalue weighted by Crippen LogP contribution is -2.35. The van der Waals surface area contributed by atoms with Crippen LogP contribution >= 0.6 is 11.6 Å². The number of hydrogen-bond acceptors (Lipinski definition) is 7. The van der Waals surface area contributed by atoms with Crippen molar-refractivity contribution < 1.29 is 31.8 Å². The third kappa shape index (κ3) is 9.36. The van der Waals surface area contributed by atoms with E-state index in [0.717, 1.165) is 26.5 Å². The van der Waals surface area contributed by atoms with Crippen molar-refractivity contribution >= 4 is 61.1 Å². The molecular weight excluding hydrogens is 686 g/mol. The third-order valence-electron chi connectivity index (χ3n) is 7.97. The fourth-order valence-electron chi connectivity index (χ4n) is 5.54. The first-order chi connectivity index (χ1) is 23.5. The minimum atomic E-state index is -4.08. The van der Waals surface area contributed by atoms with Crippen molar-refractivity contribution in [3.8, 4) is 5.75 Å². The summed E-state index contributed by atoms with van der Waals surface area (Å²) in [5.41, 5.74) is 3.52. The van der Waals surface area contributed by atoms with E-state index in [4.69, 9.17) is 21.3 Å². The monoisotopic (exact) mass is 720 g/mol. The number of aromatic nitrogens is 1. The Morgan fingerprint density at radius 2 is 1.61 bits per heavy atom. The maximum absolute atomic E-state index is 14.0. The molecule has 1 N–H and O–H groups in total. The molecule has 0 spiro atoms. The number of sulfonamides is 1. The van der Waals surface area contributed by atoms with Crippen LogP contribution in [0.5, 0.6) is 5.75 Å². The highest BCUT2D eigenvalue weighted by Crippen LogP contribution is 2.27. The van der Waals surface area contributed by atoms with Crippen molar-refractivity contribution in [1.29, 1.82) is 0 Å². The van der Waals surface area contributed by atoms with Gasteiger partial charge in [0.05, 0.1) is 29.6 Å². The van der Waals surface area contributed by atoms with Crippen LogP contribution in [-0.2, 0) is 39.9 Å². The summed E-state index contributed by atoms with van der Waals surface area (Å²) in [5.74, 6) is -1.03. The Bertz CT molecular complexity index is 2060. The Morgan fingerprint density at radius 1 is 0.898 bits per heavy atom. The zero-order valence-corrected chi connectivity index (χ0v) is 29.1. The van der Waals surface area contributed by atoms with E-state index in [1.807, 2.05) is 42.5 Å². The van der Waals surface area contributed by atoms with Crippen molar-refractivity contribution in [2.75, 3.05) is 28.8 Å². The standard InChI is InChI=1S/C36H36ClN3O7S2/c1-47-32-19-17-31(18-20-32)39(48(43)44)21-4-5-22-40(35-10-3-2-9-33(35)36(41)42)49(45,46)25-27-8-6-7-26(23-27)11-15-30-16-13-28-12-14-29(37)24-34(28)38-30/h2-3,6-10,12-14,16-20,23-24H,4-5,11,15,21-22,25H2,1H3,(H,41,42)(H,43,44)/p-1. The van der Waals surface area contributed by atoms with Gasteiger partial charge in [-0.15, -0.1) is 0 Å². The molecule has 256 valence electrons. The zero-order chi connectivity index (χ0) is 35.0. The van der Waals surface area contributed by atoms with Crippen LogP contribution in [0.15, 0.2) is 103 Å². The summed E-state index contributed by atoms with van der Waals surface area (Å²) < 4.78 is 59.5. The zero-order valence-electron chi connectivity index (χ0n) is 26.7. The largest absolute Gasteiger partial charge is 0.755 e. The molecule has 0 amide bonds. The summed E-state index contributed by atoms with van der Waals surface area (Å²) >= 11 is 3.57. The molecule has 0 saturated carbocycles. The summed E-state index contributed by atoms with van der Waals surface area (Å²) in [6.07, 6.45) is 1.84. The molecule has 0 aliphatic carbocycles. The second kappa shape index (κ2) is 16.3. The fourth-order valence-corrected chi connectivity index (χ4v) is 7.90. The molecule has 4 aromatic carbocycles. The SMILES string of the molecule is COc1ccc(N(CCCCN(c2ccccc2C(=O)O)S(=O)(=O)Cc2cccc(CCc3ccc4ccc(Cl)cc4n3)c2)S(=O)[O-])cc1. The first kappa shape index (κ1) is 35.8. The van der Waals surface area contributed by atoms with Crippen LogP contribution < -0.4 is 13.3 Å². The van der Waals surface area contributed by atoms with Gasteiger partial charge >= 0.3 is 5.97 Å². The first-order valence-electron chi connectivity index (χ1n) is 15.5. The number of pyridine rings is 1. The maximum atomic E-state index is 14.0. The lowest BCUT2D eigenvalue weighted by atomic mass is 10.0. The number of para-hydroxylation sites is 1. The summed E-state index contributed by atoms with van der Waals surface area (Å²) in [7, 11) is -2.56. The van der Waals surface area contributed by atoms with Crippen molar-refractivity contribution in [2.45, 2.75) is 31.4 Å². The number of carboxylic acids is 1. The summed E-state index contributed by atoms with van der Waals surface area (Å²) in [6.45, 7) is 0.0456. The number of benzene rings is 4. The highest BCUT2D eigenvalue weighted by atomic mass is 35.5. The Kier molecular flexibility index (Phi) is 11.9. The van der Waals surface area contributed by atoms with E-state index >= 15 is 0 Å². The van der Waals surface area contributed by atoms with Crippen LogP contribution in [0.1, 0.15) is 40.0 Å². The van der Waals surface area contributed by atoms with E-state index in [2.05, 4.69) is 0 Å². The molecular formula is C36H35ClN3O7S2-. The van der Waals surface area contributed by atoms with Gasteiger partial charge in [0.1, 0.15) is 5.75 Å². The topological polar surface area (TPSA) is 140 Å². The van der Waals surface area contributed by atoms with E-state index in [-0.39, 0.29) is 36.5 Å². The lowest BCUT2D eigenvalue weighted by molar-refractivity contribution is 0.0697. The highest BCUT2D eigenvalue weighted by Gasteiger charge is 2.27. The minimum absolute atomic E-state index is 0.0491. The highest BCUT2D eigenvalue weighted by molar-refractivity contribution is 7.92. The number of aryl methyl sites for hydroxylation is 2. The van der Waals surface area contributed by atoms with Gasteiger partial charge in [0.2, 0.25) is 10.0 Å². The number of aromatic carboxylic acids is 1. The number of ether oxygens (including phenoxy) is 1. The smallest absolute Gasteiger partial charge is 0.337 e. The number of hydrogen-bond donors (Lipinski definition) is 1. The molecule has 49 heavy (non-hydrogen) atoms. The number of carbonyl (C=O) groups is 1. The molecule has 5 aromatic rings. The molecule has 13 heteroatoms. The molecule has 1 unspecified atom stereocenters. The van der Waals surface area contributed by atoms with Gasteiger partial charge in [-0.1, -0.05) is 60.1 Å². The quantitative estimate of drug-likeness (QED) is 0.0868. The van der Waals surface area contributed by atoms with Gasteiger partial charge < -0.3 is 18.7 Å². The first-order valence-corrected chi connectivity index (χ1v) is 18.5. The summed E-state index contributed by atoms with van der Waals surface area (Å²) in [4.78, 5) is 16.8. The van der Waals surface area contributed by atoms with Gasteiger partial charge in [0, 0.05) is 46.1 Å². The average Bonchev–Trinajstić information content (AvgIpc) is 3.08. The average molecular weight is 721 g/mol. The van der Waals surface area contributed by atoms with Crippen LogP contribution in [0, 0.1) is 0 Å². The number of anilines is 2. The Hall–Kier alpha value is -4.49. The van der Waals surface area contributed by atoms with Crippen LogP contribution in [0.3, 0.4) is 0 Å². The molecule has 1 atom stereocenters. The Labute approximate surface area is 293 Å². The van der Waals surface area contributed by atoms with Gasteiger partial charge in [-0.05, 0) is 91.4 Å². The van der Waals surface area contributed by atoms with Crippen LogP contribution in [0.25, 0.3) is 10.9 Å². The van der Waals surface area contributed by atoms with E-state index in [1.165, 1.54) is 29.6 Å². The second-order valence-corrected chi connectivity index (χ2v) is 14.5. The van der Waals surface area contributed by atoms with E-state index in [0.29, 0.717) is 41.3 Å². The number of halogens is 1. The molecule has 0 radical (unpaired) electrons. The summed E-state index contributed by atoms with van der Waals surface area (Å²) in [6, 6.07) is 29.3.